The van der Waals surface area contributed by atoms with E-state index in [1.54, 1.807) is 11.8 Å². The van der Waals surface area contributed by atoms with Gasteiger partial charge in [0, 0.05) is 11.0 Å². The number of carbonyl (C=O) groups excluding carboxylic acids is 2. The molecule has 0 aliphatic rings. The highest BCUT2D eigenvalue weighted by Crippen LogP contribution is 2.21. The summed E-state index contributed by atoms with van der Waals surface area (Å²) in [7, 11) is 1.34. The Balaban J connectivity index is 2.92. The van der Waals surface area contributed by atoms with Crippen molar-refractivity contribution in [2.45, 2.75) is 31.2 Å². The smallest absolute Gasteiger partial charge is 0.307 e. The molecule has 114 valence electrons. The number of allylic oxidation sites excluding steroid dienone is 1. The van der Waals surface area contributed by atoms with Crippen molar-refractivity contribution in [3.8, 4) is 0 Å². The van der Waals surface area contributed by atoms with Crippen LogP contribution in [0, 0.1) is 0 Å². The number of ether oxygens (including phenoxy) is 1. The topological polar surface area (TPSA) is 55.4 Å². The fourth-order valence-corrected chi connectivity index (χ4v) is 2.22. The maximum absolute atomic E-state index is 11.9. The summed E-state index contributed by atoms with van der Waals surface area (Å²) in [6.45, 7) is 3.70. The molecule has 1 atom stereocenters. The van der Waals surface area contributed by atoms with Gasteiger partial charge in [0.05, 0.1) is 19.6 Å². The molecular formula is C16H21NO3S. The van der Waals surface area contributed by atoms with E-state index in [1.807, 2.05) is 44.4 Å². The second-order valence-electron chi connectivity index (χ2n) is 4.84. The summed E-state index contributed by atoms with van der Waals surface area (Å²) in [5, 5.41) is 2.84. The molecule has 0 bridgehead atoms. The van der Waals surface area contributed by atoms with Gasteiger partial charge >= 0.3 is 5.97 Å². The highest BCUT2D eigenvalue weighted by atomic mass is 32.2. The van der Waals surface area contributed by atoms with Crippen molar-refractivity contribution in [3.63, 3.8) is 0 Å². The van der Waals surface area contributed by atoms with Crippen molar-refractivity contribution >= 4 is 23.6 Å². The van der Waals surface area contributed by atoms with Crippen molar-refractivity contribution < 1.29 is 14.3 Å². The van der Waals surface area contributed by atoms with Gasteiger partial charge in [-0.05, 0) is 37.8 Å². The summed E-state index contributed by atoms with van der Waals surface area (Å²) in [6.07, 6.45) is 3.62. The minimum Gasteiger partial charge on any atom is -0.469 e. The van der Waals surface area contributed by atoms with E-state index >= 15 is 0 Å². The first-order valence-electron chi connectivity index (χ1n) is 6.62. The van der Waals surface area contributed by atoms with Crippen LogP contribution in [-0.4, -0.2) is 25.2 Å². The minimum absolute atomic E-state index is 0.109. The number of hydrogen-bond acceptors (Lipinski definition) is 4. The fourth-order valence-electron chi connectivity index (χ4n) is 1.81. The molecule has 1 N–H and O–H groups in total. The molecule has 1 aromatic rings. The molecule has 0 radical (unpaired) electrons. The van der Waals surface area contributed by atoms with Crippen LogP contribution >= 0.6 is 11.8 Å². The first-order valence-corrected chi connectivity index (χ1v) is 7.85. The molecule has 0 saturated heterocycles. The number of carbonyl (C=O) groups is 2. The van der Waals surface area contributed by atoms with Gasteiger partial charge in [0.2, 0.25) is 5.91 Å². The third kappa shape index (κ3) is 6.04. The highest BCUT2D eigenvalue weighted by molar-refractivity contribution is 7.98. The molecular weight excluding hydrogens is 286 g/mol. The van der Waals surface area contributed by atoms with E-state index in [0.29, 0.717) is 0 Å². The van der Waals surface area contributed by atoms with Crippen LogP contribution in [-0.2, 0) is 14.3 Å². The Morgan fingerprint density at radius 3 is 2.38 bits per heavy atom. The largest absolute Gasteiger partial charge is 0.469 e. The maximum Gasteiger partial charge on any atom is 0.307 e. The lowest BCUT2D eigenvalue weighted by atomic mass is 10.0. The zero-order chi connectivity index (χ0) is 15.8. The minimum atomic E-state index is -0.392. The number of rotatable bonds is 6. The van der Waals surface area contributed by atoms with Crippen molar-refractivity contribution in [2.75, 3.05) is 13.4 Å². The van der Waals surface area contributed by atoms with Crippen LogP contribution in [0.1, 0.15) is 31.9 Å². The molecule has 1 amide bonds. The summed E-state index contributed by atoms with van der Waals surface area (Å²) in [5.74, 6) is -0.565. The van der Waals surface area contributed by atoms with E-state index in [4.69, 9.17) is 4.74 Å². The second-order valence-corrected chi connectivity index (χ2v) is 5.72. The third-order valence-corrected chi connectivity index (χ3v) is 3.60. The molecule has 4 nitrogen and oxygen atoms in total. The standard InChI is InChI=1S/C16H21NO3S/c1-11(2)9-15(18)17-14(10-16(19)20-3)12-5-7-13(21-4)8-6-12/h5-9,14H,10H2,1-4H3,(H,17,18). The molecule has 0 aliphatic heterocycles. The van der Waals surface area contributed by atoms with Gasteiger partial charge in [0.15, 0.2) is 0 Å². The number of methoxy groups -OCH3 is 1. The van der Waals surface area contributed by atoms with Gasteiger partial charge in [0.25, 0.3) is 0 Å². The van der Waals surface area contributed by atoms with Gasteiger partial charge in [0.1, 0.15) is 0 Å². The average Bonchev–Trinajstić information content (AvgIpc) is 2.45. The number of amides is 1. The molecule has 1 aromatic carbocycles. The number of thioether (sulfide) groups is 1. The van der Waals surface area contributed by atoms with E-state index < -0.39 is 6.04 Å². The average molecular weight is 307 g/mol. The first kappa shape index (κ1) is 17.3. The van der Waals surface area contributed by atoms with Gasteiger partial charge in [-0.15, -0.1) is 11.8 Å². The van der Waals surface area contributed by atoms with Gasteiger partial charge < -0.3 is 10.1 Å². The Labute approximate surface area is 130 Å². The van der Waals surface area contributed by atoms with Crippen molar-refractivity contribution in [3.05, 3.63) is 41.5 Å². The fraction of sp³-hybridized carbons (Fsp3) is 0.375. The molecule has 0 aliphatic carbocycles. The normalized spacial score (nSPS) is 11.4. The Bertz CT molecular complexity index is 519. The SMILES string of the molecule is COC(=O)CC(NC(=O)C=C(C)C)c1ccc(SC)cc1. The van der Waals surface area contributed by atoms with Crippen LogP contribution in [0.4, 0.5) is 0 Å². The molecule has 0 fully saturated rings. The quantitative estimate of drug-likeness (QED) is 0.498. The number of esters is 1. The third-order valence-electron chi connectivity index (χ3n) is 2.85. The molecule has 0 aromatic heterocycles. The summed E-state index contributed by atoms with van der Waals surface area (Å²) < 4.78 is 4.70. The van der Waals surface area contributed by atoms with E-state index in [9.17, 15) is 9.59 Å². The molecule has 5 heteroatoms. The molecule has 0 saturated carbocycles. The number of benzene rings is 1. The van der Waals surface area contributed by atoms with E-state index in [2.05, 4.69) is 5.32 Å². The molecule has 1 unspecified atom stereocenters. The van der Waals surface area contributed by atoms with Crippen LogP contribution < -0.4 is 5.32 Å². The summed E-state index contributed by atoms with van der Waals surface area (Å²) in [4.78, 5) is 24.5. The lowest BCUT2D eigenvalue weighted by Crippen LogP contribution is -2.29. The van der Waals surface area contributed by atoms with E-state index in [-0.39, 0.29) is 18.3 Å². The van der Waals surface area contributed by atoms with Gasteiger partial charge in [-0.2, -0.15) is 0 Å². The van der Waals surface area contributed by atoms with E-state index in [1.165, 1.54) is 13.2 Å². The predicted octanol–water partition coefficient (Wildman–Crippen LogP) is 3.10. The molecule has 1 rings (SSSR count). The van der Waals surface area contributed by atoms with Crippen LogP contribution in [0.15, 0.2) is 40.8 Å². The molecule has 0 spiro atoms. The summed E-state index contributed by atoms with van der Waals surface area (Å²) >= 11 is 1.64. The van der Waals surface area contributed by atoms with Crippen molar-refractivity contribution in [1.29, 1.82) is 0 Å². The predicted molar refractivity (Wildman–Crippen MR) is 85.2 cm³/mol. The molecule has 0 heterocycles. The van der Waals surface area contributed by atoms with E-state index in [0.717, 1.165) is 16.0 Å². The Morgan fingerprint density at radius 2 is 1.90 bits per heavy atom. The Kier molecular flexibility index (Phi) is 7.02. The zero-order valence-corrected chi connectivity index (χ0v) is 13.6. The van der Waals surface area contributed by atoms with Gasteiger partial charge in [-0.1, -0.05) is 17.7 Å². The summed E-state index contributed by atoms with van der Waals surface area (Å²) in [6, 6.07) is 7.38. The lowest BCUT2D eigenvalue weighted by molar-refractivity contribution is -0.141. The van der Waals surface area contributed by atoms with Crippen LogP contribution in [0.5, 0.6) is 0 Å². The van der Waals surface area contributed by atoms with Gasteiger partial charge in [-0.3, -0.25) is 9.59 Å². The number of hydrogen-bond donors (Lipinski definition) is 1. The lowest BCUT2D eigenvalue weighted by Gasteiger charge is -2.17. The van der Waals surface area contributed by atoms with Crippen LogP contribution in [0.3, 0.4) is 0 Å². The Morgan fingerprint density at radius 1 is 1.29 bits per heavy atom. The first-order chi connectivity index (χ1) is 9.96. The second kappa shape index (κ2) is 8.52. The highest BCUT2D eigenvalue weighted by Gasteiger charge is 2.18. The zero-order valence-electron chi connectivity index (χ0n) is 12.8. The van der Waals surface area contributed by atoms with Gasteiger partial charge in [-0.25, -0.2) is 0 Å². The maximum atomic E-state index is 11.9. The van der Waals surface area contributed by atoms with Crippen LogP contribution in [0.2, 0.25) is 0 Å². The summed E-state index contributed by atoms with van der Waals surface area (Å²) in [5.41, 5.74) is 1.79. The van der Waals surface area contributed by atoms with Crippen molar-refractivity contribution in [2.24, 2.45) is 0 Å². The van der Waals surface area contributed by atoms with Crippen molar-refractivity contribution in [1.82, 2.24) is 5.32 Å². The monoisotopic (exact) mass is 307 g/mol. The molecule has 21 heavy (non-hydrogen) atoms. The Hall–Kier alpha value is -1.75. The number of nitrogens with one attached hydrogen (secondary N) is 1. The van der Waals surface area contributed by atoms with Crippen LogP contribution in [0.25, 0.3) is 0 Å².